The monoisotopic (exact) mass is 300 g/mol. The van der Waals surface area contributed by atoms with Crippen molar-refractivity contribution in [2.45, 2.75) is 26.0 Å². The van der Waals surface area contributed by atoms with E-state index in [0.29, 0.717) is 30.7 Å². The summed E-state index contributed by atoms with van der Waals surface area (Å²) in [5.74, 6) is 0.383. The van der Waals surface area contributed by atoms with Crippen molar-refractivity contribution in [3.63, 3.8) is 0 Å². The smallest absolute Gasteiger partial charge is 0.224 e. The lowest BCUT2D eigenvalue weighted by Gasteiger charge is -2.17. The van der Waals surface area contributed by atoms with E-state index in [-0.39, 0.29) is 18.3 Å². The maximum Gasteiger partial charge on any atom is 0.224 e. The first kappa shape index (κ1) is 14.5. The molecule has 0 spiro atoms. The van der Waals surface area contributed by atoms with E-state index in [1.54, 1.807) is 18.2 Å². The standard InChI is InChI=1S/C17H17FN2O2/c18-15-7-11(9-19)1-2-13(15)10-22-14-4-5-16-12(8-14)3-6-17(21)20-16/h1-2,4-5,7-8H,3,6,9-10,19H2,(H,20,21). The molecular formula is C17H17FN2O2. The van der Waals surface area contributed by atoms with Gasteiger partial charge in [0.25, 0.3) is 0 Å². The minimum absolute atomic E-state index is 0.0308. The molecule has 0 unspecified atom stereocenters. The predicted molar refractivity (Wildman–Crippen MR) is 82.0 cm³/mol. The van der Waals surface area contributed by atoms with Gasteiger partial charge in [-0.15, -0.1) is 0 Å². The lowest BCUT2D eigenvalue weighted by molar-refractivity contribution is -0.116. The van der Waals surface area contributed by atoms with E-state index in [2.05, 4.69) is 5.32 Å². The van der Waals surface area contributed by atoms with Crippen LogP contribution in [0.3, 0.4) is 0 Å². The van der Waals surface area contributed by atoms with E-state index in [0.717, 1.165) is 16.8 Å². The van der Waals surface area contributed by atoms with Crippen molar-refractivity contribution in [3.05, 3.63) is 58.9 Å². The topological polar surface area (TPSA) is 64.3 Å². The van der Waals surface area contributed by atoms with E-state index in [1.807, 2.05) is 12.1 Å². The third-order valence-corrected chi connectivity index (χ3v) is 3.72. The molecule has 2 aromatic rings. The zero-order valence-corrected chi connectivity index (χ0v) is 12.1. The fraction of sp³-hybridized carbons (Fsp3) is 0.235. The number of halogens is 1. The second-order valence-electron chi connectivity index (χ2n) is 5.29. The Hall–Kier alpha value is -2.40. The Balaban J connectivity index is 1.70. The SMILES string of the molecule is NCc1ccc(COc2ccc3c(c2)CCC(=O)N3)c(F)c1. The number of aryl methyl sites for hydroxylation is 1. The summed E-state index contributed by atoms with van der Waals surface area (Å²) in [6.07, 6.45) is 1.17. The number of nitrogens with two attached hydrogens (primary N) is 1. The summed E-state index contributed by atoms with van der Waals surface area (Å²) in [4.78, 5) is 11.3. The molecule has 0 aromatic heterocycles. The highest BCUT2D eigenvalue weighted by Crippen LogP contribution is 2.27. The van der Waals surface area contributed by atoms with Crippen molar-refractivity contribution in [3.8, 4) is 5.75 Å². The second kappa shape index (κ2) is 6.15. The van der Waals surface area contributed by atoms with Crippen molar-refractivity contribution in [2.24, 2.45) is 5.73 Å². The molecule has 2 aromatic carbocycles. The third kappa shape index (κ3) is 3.09. The normalized spacial score (nSPS) is 13.5. The number of nitrogens with one attached hydrogen (secondary N) is 1. The summed E-state index contributed by atoms with van der Waals surface area (Å²) in [5.41, 5.74) is 8.58. The molecule has 3 rings (SSSR count). The van der Waals surface area contributed by atoms with Crippen LogP contribution in [0.5, 0.6) is 5.75 Å². The highest BCUT2D eigenvalue weighted by molar-refractivity contribution is 5.93. The van der Waals surface area contributed by atoms with Crippen molar-refractivity contribution < 1.29 is 13.9 Å². The molecule has 1 heterocycles. The fourth-order valence-corrected chi connectivity index (χ4v) is 2.45. The van der Waals surface area contributed by atoms with Crippen molar-refractivity contribution in [1.82, 2.24) is 0 Å². The zero-order chi connectivity index (χ0) is 15.5. The number of ether oxygens (including phenoxy) is 1. The van der Waals surface area contributed by atoms with E-state index in [1.165, 1.54) is 6.07 Å². The summed E-state index contributed by atoms with van der Waals surface area (Å²) in [7, 11) is 0. The van der Waals surface area contributed by atoms with Gasteiger partial charge >= 0.3 is 0 Å². The summed E-state index contributed by atoms with van der Waals surface area (Å²) in [6, 6.07) is 10.4. The number of benzene rings is 2. The van der Waals surface area contributed by atoms with Gasteiger partial charge in [-0.2, -0.15) is 0 Å². The molecule has 0 aliphatic carbocycles. The minimum Gasteiger partial charge on any atom is -0.489 e. The molecular weight excluding hydrogens is 283 g/mol. The van der Waals surface area contributed by atoms with Crippen LogP contribution in [0.2, 0.25) is 0 Å². The molecule has 1 amide bonds. The molecule has 0 atom stereocenters. The molecule has 1 aliphatic heterocycles. The first-order valence-corrected chi connectivity index (χ1v) is 7.18. The number of rotatable bonds is 4. The van der Waals surface area contributed by atoms with Gasteiger partial charge in [-0.05, 0) is 41.8 Å². The molecule has 5 heteroatoms. The van der Waals surface area contributed by atoms with Gasteiger partial charge in [-0.25, -0.2) is 4.39 Å². The van der Waals surface area contributed by atoms with Gasteiger partial charge in [-0.3, -0.25) is 4.79 Å². The van der Waals surface area contributed by atoms with Gasteiger partial charge in [0.05, 0.1) is 0 Å². The lowest BCUT2D eigenvalue weighted by Crippen LogP contribution is -2.18. The molecule has 0 bridgehead atoms. The van der Waals surface area contributed by atoms with Crippen LogP contribution in [0.1, 0.15) is 23.1 Å². The molecule has 0 saturated carbocycles. The number of carbonyl (C=O) groups is 1. The van der Waals surface area contributed by atoms with Gasteiger partial charge in [-0.1, -0.05) is 12.1 Å². The van der Waals surface area contributed by atoms with Gasteiger partial charge in [0.2, 0.25) is 5.91 Å². The van der Waals surface area contributed by atoms with E-state index in [4.69, 9.17) is 10.5 Å². The van der Waals surface area contributed by atoms with Gasteiger partial charge in [0.1, 0.15) is 18.2 Å². The van der Waals surface area contributed by atoms with Crippen LogP contribution in [0.15, 0.2) is 36.4 Å². The first-order chi connectivity index (χ1) is 10.7. The quantitative estimate of drug-likeness (QED) is 0.912. The summed E-state index contributed by atoms with van der Waals surface area (Å²) in [6.45, 7) is 0.469. The van der Waals surface area contributed by atoms with E-state index >= 15 is 0 Å². The number of anilines is 1. The molecule has 114 valence electrons. The molecule has 22 heavy (non-hydrogen) atoms. The number of amides is 1. The first-order valence-electron chi connectivity index (χ1n) is 7.18. The maximum absolute atomic E-state index is 13.9. The number of fused-ring (bicyclic) bond motifs is 1. The van der Waals surface area contributed by atoms with Gasteiger partial charge < -0.3 is 15.8 Å². The second-order valence-corrected chi connectivity index (χ2v) is 5.29. The zero-order valence-electron chi connectivity index (χ0n) is 12.1. The van der Waals surface area contributed by atoms with Crippen LogP contribution in [0.4, 0.5) is 10.1 Å². The average molecular weight is 300 g/mol. The van der Waals surface area contributed by atoms with Crippen molar-refractivity contribution >= 4 is 11.6 Å². The Kier molecular flexibility index (Phi) is 4.06. The summed E-state index contributed by atoms with van der Waals surface area (Å²) >= 11 is 0. The molecule has 1 aliphatic rings. The van der Waals surface area contributed by atoms with Crippen LogP contribution in [0.25, 0.3) is 0 Å². The molecule has 0 fully saturated rings. The predicted octanol–water partition coefficient (Wildman–Crippen LogP) is 2.75. The average Bonchev–Trinajstić information content (AvgIpc) is 2.53. The largest absolute Gasteiger partial charge is 0.489 e. The highest BCUT2D eigenvalue weighted by atomic mass is 19.1. The van der Waals surface area contributed by atoms with Crippen LogP contribution in [-0.2, 0) is 24.4 Å². The van der Waals surface area contributed by atoms with Crippen molar-refractivity contribution in [1.29, 1.82) is 0 Å². The highest BCUT2D eigenvalue weighted by Gasteiger charge is 2.15. The Morgan fingerprint density at radius 2 is 2.05 bits per heavy atom. The molecule has 3 N–H and O–H groups in total. The maximum atomic E-state index is 13.9. The summed E-state index contributed by atoms with van der Waals surface area (Å²) in [5, 5.41) is 2.82. The van der Waals surface area contributed by atoms with E-state index in [9.17, 15) is 9.18 Å². The Bertz CT molecular complexity index is 716. The Labute approximate surface area is 128 Å². The Morgan fingerprint density at radius 1 is 1.18 bits per heavy atom. The van der Waals surface area contributed by atoms with Crippen LogP contribution < -0.4 is 15.8 Å². The van der Waals surface area contributed by atoms with Gasteiger partial charge in [0, 0.05) is 24.2 Å². The lowest BCUT2D eigenvalue weighted by atomic mass is 10.0. The van der Waals surface area contributed by atoms with E-state index < -0.39 is 0 Å². The van der Waals surface area contributed by atoms with Crippen LogP contribution >= 0.6 is 0 Å². The molecule has 0 saturated heterocycles. The number of hydrogen-bond acceptors (Lipinski definition) is 3. The van der Waals surface area contributed by atoms with Crippen molar-refractivity contribution in [2.75, 3.05) is 5.32 Å². The third-order valence-electron chi connectivity index (χ3n) is 3.72. The minimum atomic E-state index is -0.312. The fourth-order valence-electron chi connectivity index (χ4n) is 2.45. The number of carbonyl (C=O) groups excluding carboxylic acids is 1. The van der Waals surface area contributed by atoms with Crippen LogP contribution in [-0.4, -0.2) is 5.91 Å². The number of hydrogen-bond donors (Lipinski definition) is 2. The van der Waals surface area contributed by atoms with Crippen LogP contribution in [0, 0.1) is 5.82 Å². The van der Waals surface area contributed by atoms with Gasteiger partial charge in [0.15, 0.2) is 0 Å². The Morgan fingerprint density at radius 3 is 2.82 bits per heavy atom. The molecule has 0 radical (unpaired) electrons. The summed E-state index contributed by atoms with van der Waals surface area (Å²) < 4.78 is 19.5. The molecule has 4 nitrogen and oxygen atoms in total.